The van der Waals surface area contributed by atoms with E-state index in [-0.39, 0.29) is 5.52 Å². The second-order valence-electron chi connectivity index (χ2n) is 4.58. The Balaban J connectivity index is 2.36. The molecule has 3 aromatic rings. The molecule has 1 heterocycles. The zero-order valence-corrected chi connectivity index (χ0v) is 11.4. The largest absolute Gasteiger partial charge is 0.433 e. The van der Waals surface area contributed by atoms with Crippen LogP contribution in [0.5, 0.6) is 0 Å². The minimum absolute atomic E-state index is 0.233. The summed E-state index contributed by atoms with van der Waals surface area (Å²) in [5, 5.41) is 0.993. The maximum Gasteiger partial charge on any atom is 0.433 e. The molecule has 0 radical (unpaired) electrons. The number of nitrogens with zero attached hydrogens (tertiary/aromatic N) is 1. The molecule has 0 aliphatic rings. The number of hydrogen-bond acceptors (Lipinski definition) is 1. The highest BCUT2D eigenvalue weighted by atomic mass is 35.5. The molecular formula is C16H9ClF3N. The van der Waals surface area contributed by atoms with Gasteiger partial charge in [0, 0.05) is 10.4 Å². The summed E-state index contributed by atoms with van der Waals surface area (Å²) in [5.74, 6) is 0. The van der Waals surface area contributed by atoms with Gasteiger partial charge < -0.3 is 0 Å². The van der Waals surface area contributed by atoms with Gasteiger partial charge in [-0.2, -0.15) is 13.2 Å². The van der Waals surface area contributed by atoms with Gasteiger partial charge in [0.2, 0.25) is 0 Å². The van der Waals surface area contributed by atoms with E-state index in [4.69, 9.17) is 11.6 Å². The van der Waals surface area contributed by atoms with E-state index >= 15 is 0 Å². The average Bonchev–Trinajstić information content (AvgIpc) is 2.45. The molecule has 21 heavy (non-hydrogen) atoms. The highest BCUT2D eigenvalue weighted by molar-refractivity contribution is 6.31. The molecule has 0 saturated carbocycles. The number of pyridine rings is 1. The molecule has 0 N–H and O–H groups in total. The minimum atomic E-state index is -4.50. The Bertz CT molecular complexity index is 798. The number of alkyl halides is 3. The minimum Gasteiger partial charge on any atom is -0.243 e. The second kappa shape index (κ2) is 5.04. The molecule has 0 aliphatic heterocycles. The molecule has 1 aromatic heterocycles. The van der Waals surface area contributed by atoms with Crippen LogP contribution in [0.25, 0.3) is 22.0 Å². The summed E-state index contributed by atoms with van der Waals surface area (Å²) in [6.07, 6.45) is -4.50. The van der Waals surface area contributed by atoms with Crippen molar-refractivity contribution in [2.45, 2.75) is 6.18 Å². The number of rotatable bonds is 1. The number of hydrogen-bond donors (Lipinski definition) is 0. The Labute approximate surface area is 124 Å². The maximum atomic E-state index is 13.0. The van der Waals surface area contributed by atoms with E-state index in [2.05, 4.69) is 4.98 Å². The van der Waals surface area contributed by atoms with Gasteiger partial charge in [-0.1, -0.05) is 48.0 Å². The van der Waals surface area contributed by atoms with Crippen molar-refractivity contribution >= 4 is 22.5 Å². The van der Waals surface area contributed by atoms with E-state index in [0.29, 0.717) is 21.5 Å². The van der Waals surface area contributed by atoms with E-state index in [0.717, 1.165) is 6.07 Å². The third-order valence-corrected chi connectivity index (χ3v) is 3.38. The smallest absolute Gasteiger partial charge is 0.243 e. The van der Waals surface area contributed by atoms with Crippen molar-refractivity contribution < 1.29 is 13.2 Å². The molecule has 0 amide bonds. The first-order valence-corrected chi connectivity index (χ1v) is 6.56. The van der Waals surface area contributed by atoms with Crippen molar-refractivity contribution in [2.75, 3.05) is 0 Å². The van der Waals surface area contributed by atoms with Crippen molar-refractivity contribution in [1.29, 1.82) is 0 Å². The summed E-state index contributed by atoms with van der Waals surface area (Å²) >= 11 is 5.86. The van der Waals surface area contributed by atoms with Crippen LogP contribution in [-0.4, -0.2) is 4.98 Å². The first-order chi connectivity index (χ1) is 9.95. The van der Waals surface area contributed by atoms with Crippen LogP contribution in [0, 0.1) is 0 Å². The lowest BCUT2D eigenvalue weighted by Crippen LogP contribution is -2.08. The summed E-state index contributed by atoms with van der Waals surface area (Å²) in [5.41, 5.74) is 0.509. The fourth-order valence-corrected chi connectivity index (χ4v) is 2.37. The topological polar surface area (TPSA) is 12.9 Å². The molecular weight excluding hydrogens is 299 g/mol. The van der Waals surface area contributed by atoms with Crippen LogP contribution < -0.4 is 0 Å². The van der Waals surface area contributed by atoms with E-state index in [1.165, 1.54) is 6.07 Å². The molecule has 106 valence electrons. The predicted octanol–water partition coefficient (Wildman–Crippen LogP) is 5.57. The Morgan fingerprint density at radius 2 is 1.62 bits per heavy atom. The summed E-state index contributed by atoms with van der Waals surface area (Å²) in [4.78, 5) is 3.68. The van der Waals surface area contributed by atoms with Gasteiger partial charge in [0.1, 0.15) is 5.69 Å². The fraction of sp³-hybridized carbons (Fsp3) is 0.0625. The standard InChI is InChI=1S/C16H9ClF3N/c17-11-6-7-12-13(10-4-2-1-3-5-10)9-15(16(18,19)20)21-14(12)8-11/h1-9H. The monoisotopic (exact) mass is 307 g/mol. The van der Waals surface area contributed by atoms with Gasteiger partial charge in [0.05, 0.1) is 5.52 Å². The normalized spacial score (nSPS) is 11.8. The first-order valence-electron chi connectivity index (χ1n) is 6.18. The molecule has 0 atom stereocenters. The van der Waals surface area contributed by atoms with Crippen molar-refractivity contribution in [3.05, 3.63) is 65.3 Å². The van der Waals surface area contributed by atoms with Gasteiger partial charge >= 0.3 is 6.18 Å². The van der Waals surface area contributed by atoms with Crippen LogP contribution >= 0.6 is 11.6 Å². The van der Waals surface area contributed by atoms with Crippen LogP contribution in [0.4, 0.5) is 13.2 Å². The lowest BCUT2D eigenvalue weighted by atomic mass is 10.00. The van der Waals surface area contributed by atoms with E-state index in [1.807, 2.05) is 6.07 Å². The van der Waals surface area contributed by atoms with Crippen molar-refractivity contribution in [3.8, 4) is 11.1 Å². The molecule has 5 heteroatoms. The molecule has 0 fully saturated rings. The van der Waals surface area contributed by atoms with Crippen LogP contribution in [0.15, 0.2) is 54.6 Å². The molecule has 0 aliphatic carbocycles. The van der Waals surface area contributed by atoms with E-state index in [1.54, 1.807) is 36.4 Å². The van der Waals surface area contributed by atoms with Gasteiger partial charge in [-0.3, -0.25) is 0 Å². The van der Waals surface area contributed by atoms with Crippen LogP contribution in [0.1, 0.15) is 5.69 Å². The Morgan fingerprint density at radius 1 is 0.905 bits per heavy atom. The van der Waals surface area contributed by atoms with Crippen molar-refractivity contribution in [2.24, 2.45) is 0 Å². The molecule has 0 saturated heterocycles. The average molecular weight is 308 g/mol. The molecule has 3 rings (SSSR count). The maximum absolute atomic E-state index is 13.0. The SMILES string of the molecule is FC(F)(F)c1cc(-c2ccccc2)c2ccc(Cl)cc2n1. The summed E-state index contributed by atoms with van der Waals surface area (Å²) in [6, 6.07) is 14.8. The fourth-order valence-electron chi connectivity index (χ4n) is 2.20. The van der Waals surface area contributed by atoms with E-state index in [9.17, 15) is 13.2 Å². The van der Waals surface area contributed by atoms with E-state index < -0.39 is 11.9 Å². The van der Waals surface area contributed by atoms with Gasteiger partial charge in [-0.25, -0.2) is 4.98 Å². The molecule has 0 bridgehead atoms. The summed E-state index contributed by atoms with van der Waals surface area (Å²) in [6.45, 7) is 0. The molecule has 0 unspecified atom stereocenters. The van der Waals surface area contributed by atoms with Crippen LogP contribution in [0.3, 0.4) is 0 Å². The number of fused-ring (bicyclic) bond motifs is 1. The van der Waals surface area contributed by atoms with Gasteiger partial charge in [0.15, 0.2) is 0 Å². The Kier molecular flexibility index (Phi) is 3.33. The van der Waals surface area contributed by atoms with Crippen LogP contribution in [-0.2, 0) is 6.18 Å². The Hall–Kier alpha value is -2.07. The predicted molar refractivity (Wildman–Crippen MR) is 77.2 cm³/mol. The van der Waals surface area contributed by atoms with Gasteiger partial charge in [0.25, 0.3) is 0 Å². The third kappa shape index (κ3) is 2.72. The van der Waals surface area contributed by atoms with Gasteiger partial charge in [-0.05, 0) is 29.3 Å². The number of benzene rings is 2. The number of aromatic nitrogens is 1. The van der Waals surface area contributed by atoms with Crippen molar-refractivity contribution in [3.63, 3.8) is 0 Å². The summed E-state index contributed by atoms with van der Waals surface area (Å²) in [7, 11) is 0. The zero-order valence-electron chi connectivity index (χ0n) is 10.7. The quantitative estimate of drug-likeness (QED) is 0.572. The highest BCUT2D eigenvalue weighted by Gasteiger charge is 2.33. The third-order valence-electron chi connectivity index (χ3n) is 3.15. The lowest BCUT2D eigenvalue weighted by molar-refractivity contribution is -0.140. The second-order valence-corrected chi connectivity index (χ2v) is 5.02. The highest BCUT2D eigenvalue weighted by Crippen LogP contribution is 2.35. The number of halogens is 4. The molecule has 2 aromatic carbocycles. The molecule has 1 nitrogen and oxygen atoms in total. The first kappa shape index (κ1) is 13.9. The lowest BCUT2D eigenvalue weighted by Gasteiger charge is -2.12. The molecule has 0 spiro atoms. The zero-order chi connectivity index (χ0) is 15.0. The Morgan fingerprint density at radius 3 is 2.29 bits per heavy atom. The van der Waals surface area contributed by atoms with Crippen LogP contribution in [0.2, 0.25) is 5.02 Å². The van der Waals surface area contributed by atoms with Crippen molar-refractivity contribution in [1.82, 2.24) is 4.98 Å². The van der Waals surface area contributed by atoms with Gasteiger partial charge in [-0.15, -0.1) is 0 Å². The summed E-state index contributed by atoms with van der Waals surface area (Å²) < 4.78 is 39.0.